The zero-order valence-electron chi connectivity index (χ0n) is 17.7. The summed E-state index contributed by atoms with van der Waals surface area (Å²) in [6.07, 6.45) is 1.31. The lowest BCUT2D eigenvalue weighted by Gasteiger charge is -2.32. The number of carbonyl (C=O) groups excluding carboxylic acids is 3. The molecule has 31 heavy (non-hydrogen) atoms. The van der Waals surface area contributed by atoms with Gasteiger partial charge in [0.15, 0.2) is 0 Å². The van der Waals surface area contributed by atoms with Crippen molar-refractivity contribution in [2.24, 2.45) is 5.92 Å². The predicted octanol–water partition coefficient (Wildman–Crippen LogP) is 3.53. The lowest BCUT2D eigenvalue weighted by atomic mass is 10.00. The van der Waals surface area contributed by atoms with Crippen molar-refractivity contribution < 1.29 is 14.4 Å². The molecule has 2 aromatic carbocycles. The minimum absolute atomic E-state index is 0.0806. The molecule has 4 rings (SSSR count). The van der Waals surface area contributed by atoms with E-state index in [2.05, 4.69) is 27.3 Å². The maximum atomic E-state index is 13.4. The summed E-state index contributed by atoms with van der Waals surface area (Å²) in [6.45, 7) is 5.07. The Morgan fingerprint density at radius 1 is 1.16 bits per heavy atom. The quantitative estimate of drug-likeness (QED) is 0.722. The van der Waals surface area contributed by atoms with E-state index in [1.807, 2.05) is 26.0 Å². The van der Waals surface area contributed by atoms with Gasteiger partial charge >= 0.3 is 0 Å². The summed E-state index contributed by atoms with van der Waals surface area (Å²) in [6, 6.07) is 12.5. The van der Waals surface area contributed by atoms with E-state index < -0.39 is 6.04 Å². The van der Waals surface area contributed by atoms with E-state index in [0.717, 1.165) is 16.5 Å². The highest BCUT2D eigenvalue weighted by molar-refractivity contribution is 9.10. The lowest BCUT2D eigenvalue weighted by Crippen LogP contribution is -2.50. The number of carbonyl (C=O) groups is 3. The third-order valence-electron chi connectivity index (χ3n) is 5.84. The van der Waals surface area contributed by atoms with Crippen LogP contribution in [0.2, 0.25) is 0 Å². The van der Waals surface area contributed by atoms with Crippen LogP contribution in [0.1, 0.15) is 41.8 Å². The molecule has 162 valence electrons. The fourth-order valence-corrected chi connectivity index (χ4v) is 4.68. The molecule has 2 aromatic rings. The fraction of sp³-hybridized carbons (Fsp3) is 0.375. The minimum atomic E-state index is -0.647. The maximum Gasteiger partial charge on any atom is 0.254 e. The number of anilines is 1. The first kappa shape index (κ1) is 21.6. The molecule has 0 saturated carbocycles. The normalized spacial score (nSPS) is 18.4. The summed E-state index contributed by atoms with van der Waals surface area (Å²) in [5.41, 5.74) is 3.27. The van der Waals surface area contributed by atoms with Crippen LogP contribution < -0.4 is 10.2 Å². The standard InChI is InChI=1S/C24H26BrN3O3/c1-15(2)11-20-24(31)28(21-6-4-3-5-19(21)23(30)26-20)14-22(29)27-10-9-16-7-8-18(25)12-17(16)13-27/h3-8,12,15,20H,9-11,13-14H2,1-2H3,(H,26,30). The van der Waals surface area contributed by atoms with Crippen molar-refractivity contribution in [3.63, 3.8) is 0 Å². The Kier molecular flexibility index (Phi) is 6.14. The molecule has 0 aromatic heterocycles. The number of benzene rings is 2. The monoisotopic (exact) mass is 483 g/mol. The number of amides is 3. The highest BCUT2D eigenvalue weighted by atomic mass is 79.9. The molecule has 0 bridgehead atoms. The van der Waals surface area contributed by atoms with Crippen molar-refractivity contribution in [3.8, 4) is 0 Å². The van der Waals surface area contributed by atoms with Gasteiger partial charge in [-0.05, 0) is 54.2 Å². The van der Waals surface area contributed by atoms with Crippen LogP contribution in [-0.4, -0.2) is 41.8 Å². The van der Waals surface area contributed by atoms with E-state index in [1.54, 1.807) is 29.2 Å². The Morgan fingerprint density at radius 3 is 2.71 bits per heavy atom. The number of hydrogen-bond acceptors (Lipinski definition) is 3. The second-order valence-corrected chi connectivity index (χ2v) is 9.49. The fourth-order valence-electron chi connectivity index (χ4n) is 4.27. The first-order valence-electron chi connectivity index (χ1n) is 10.6. The van der Waals surface area contributed by atoms with Crippen LogP contribution in [0.4, 0.5) is 5.69 Å². The highest BCUT2D eigenvalue weighted by Gasteiger charge is 2.35. The minimum Gasteiger partial charge on any atom is -0.340 e. The number of nitrogens with zero attached hydrogens (tertiary/aromatic N) is 2. The van der Waals surface area contributed by atoms with Crippen molar-refractivity contribution in [2.75, 3.05) is 18.0 Å². The van der Waals surface area contributed by atoms with E-state index >= 15 is 0 Å². The van der Waals surface area contributed by atoms with Crippen LogP contribution in [0.5, 0.6) is 0 Å². The number of fused-ring (bicyclic) bond motifs is 2. The van der Waals surface area contributed by atoms with Gasteiger partial charge in [0, 0.05) is 17.6 Å². The second-order valence-electron chi connectivity index (χ2n) is 8.58. The molecule has 0 saturated heterocycles. The van der Waals surface area contributed by atoms with E-state index in [4.69, 9.17) is 0 Å². The van der Waals surface area contributed by atoms with Crippen molar-refractivity contribution in [1.29, 1.82) is 0 Å². The van der Waals surface area contributed by atoms with Gasteiger partial charge in [-0.2, -0.15) is 0 Å². The second kappa shape index (κ2) is 8.83. The van der Waals surface area contributed by atoms with Gasteiger partial charge in [0.1, 0.15) is 12.6 Å². The van der Waals surface area contributed by atoms with Gasteiger partial charge in [-0.1, -0.05) is 48.0 Å². The van der Waals surface area contributed by atoms with E-state index in [-0.39, 0.29) is 30.2 Å². The van der Waals surface area contributed by atoms with E-state index in [9.17, 15) is 14.4 Å². The Bertz CT molecular complexity index is 1040. The van der Waals surface area contributed by atoms with Crippen molar-refractivity contribution in [2.45, 2.75) is 39.3 Å². The highest BCUT2D eigenvalue weighted by Crippen LogP contribution is 2.27. The summed E-state index contributed by atoms with van der Waals surface area (Å²) in [4.78, 5) is 42.7. The number of nitrogens with one attached hydrogen (secondary N) is 1. The van der Waals surface area contributed by atoms with Crippen LogP contribution in [0.25, 0.3) is 0 Å². The zero-order chi connectivity index (χ0) is 22.1. The van der Waals surface area contributed by atoms with E-state index in [0.29, 0.717) is 30.8 Å². The number of para-hydroxylation sites is 1. The molecule has 6 nitrogen and oxygen atoms in total. The smallest absolute Gasteiger partial charge is 0.254 e. The van der Waals surface area contributed by atoms with Gasteiger partial charge in [-0.25, -0.2) is 0 Å². The summed E-state index contributed by atoms with van der Waals surface area (Å²) < 4.78 is 0.985. The number of halogens is 1. The van der Waals surface area contributed by atoms with Crippen LogP contribution in [0.15, 0.2) is 46.9 Å². The molecule has 1 atom stereocenters. The predicted molar refractivity (Wildman–Crippen MR) is 123 cm³/mol. The number of hydrogen-bond donors (Lipinski definition) is 1. The van der Waals surface area contributed by atoms with Crippen molar-refractivity contribution in [3.05, 3.63) is 63.6 Å². The van der Waals surface area contributed by atoms with Gasteiger partial charge in [-0.3, -0.25) is 14.4 Å². The average Bonchev–Trinajstić information content (AvgIpc) is 2.83. The van der Waals surface area contributed by atoms with Gasteiger partial charge in [0.25, 0.3) is 5.91 Å². The Balaban J connectivity index is 1.60. The molecule has 7 heteroatoms. The molecule has 3 amide bonds. The largest absolute Gasteiger partial charge is 0.340 e. The molecule has 2 aliphatic heterocycles. The Hall–Kier alpha value is -2.67. The van der Waals surface area contributed by atoms with Gasteiger partial charge in [-0.15, -0.1) is 0 Å². The van der Waals surface area contributed by atoms with Gasteiger partial charge in [0.2, 0.25) is 11.8 Å². The average molecular weight is 484 g/mol. The molecule has 2 aliphatic rings. The molecule has 0 spiro atoms. The molecular weight excluding hydrogens is 458 g/mol. The van der Waals surface area contributed by atoms with Crippen LogP contribution in [0, 0.1) is 5.92 Å². The SMILES string of the molecule is CC(C)CC1NC(=O)c2ccccc2N(CC(=O)N2CCc3ccc(Br)cc3C2)C1=O. The van der Waals surface area contributed by atoms with Crippen molar-refractivity contribution >= 4 is 39.3 Å². The van der Waals surface area contributed by atoms with E-state index in [1.165, 1.54) is 10.5 Å². The molecule has 0 fully saturated rings. The summed E-state index contributed by atoms with van der Waals surface area (Å²) in [5, 5.41) is 2.86. The van der Waals surface area contributed by atoms with Crippen LogP contribution in [0.3, 0.4) is 0 Å². The van der Waals surface area contributed by atoms with Crippen LogP contribution >= 0.6 is 15.9 Å². The molecule has 0 radical (unpaired) electrons. The van der Waals surface area contributed by atoms with Crippen molar-refractivity contribution in [1.82, 2.24) is 10.2 Å². The van der Waals surface area contributed by atoms with Gasteiger partial charge < -0.3 is 15.1 Å². The molecule has 2 heterocycles. The third-order valence-corrected chi connectivity index (χ3v) is 6.34. The summed E-state index contributed by atoms with van der Waals surface area (Å²) in [7, 11) is 0. The molecule has 0 aliphatic carbocycles. The topological polar surface area (TPSA) is 69.7 Å². The third kappa shape index (κ3) is 4.51. The summed E-state index contributed by atoms with van der Waals surface area (Å²) in [5.74, 6) is -0.404. The van der Waals surface area contributed by atoms with Crippen LogP contribution in [-0.2, 0) is 22.6 Å². The lowest BCUT2D eigenvalue weighted by molar-refractivity contribution is -0.132. The molecular formula is C24H26BrN3O3. The van der Waals surface area contributed by atoms with Gasteiger partial charge in [0.05, 0.1) is 11.3 Å². The number of rotatable bonds is 4. The Labute approximate surface area is 190 Å². The Morgan fingerprint density at radius 2 is 1.94 bits per heavy atom. The first-order chi connectivity index (χ1) is 14.8. The zero-order valence-corrected chi connectivity index (χ0v) is 19.3. The molecule has 1 N–H and O–H groups in total. The molecule has 1 unspecified atom stereocenters. The first-order valence-corrected chi connectivity index (χ1v) is 11.4. The maximum absolute atomic E-state index is 13.4. The summed E-state index contributed by atoms with van der Waals surface area (Å²) >= 11 is 3.50.